The first-order valence-electron chi connectivity index (χ1n) is 7.17. The number of β-amino-alcohol motifs (C(OH)–C–C–N with tert-alkyl or cyclic N) is 1. The van der Waals surface area contributed by atoms with Crippen LogP contribution in [0.4, 0.5) is 5.69 Å². The molecule has 0 spiro atoms. The van der Waals surface area contributed by atoms with Crippen LogP contribution in [-0.2, 0) is 9.59 Å². The monoisotopic (exact) mass is 312 g/mol. The fourth-order valence-electron chi connectivity index (χ4n) is 2.38. The quantitative estimate of drug-likeness (QED) is 0.799. The van der Waals surface area contributed by atoms with Crippen molar-refractivity contribution in [2.24, 2.45) is 0 Å². The molecule has 0 atom stereocenters. The molecule has 2 heterocycles. The molecule has 7 heteroatoms. The SMILES string of the molecule is Cc1ccn(-c2ccccc2NC2=CC(=O)N(CCO)C2=O)n1. The third kappa shape index (κ3) is 2.86. The Morgan fingerprint density at radius 1 is 1.22 bits per heavy atom. The van der Waals surface area contributed by atoms with Gasteiger partial charge >= 0.3 is 0 Å². The van der Waals surface area contributed by atoms with Gasteiger partial charge in [-0.1, -0.05) is 12.1 Å². The molecule has 0 unspecified atom stereocenters. The lowest BCUT2D eigenvalue weighted by Crippen LogP contribution is -2.34. The Morgan fingerprint density at radius 3 is 2.70 bits per heavy atom. The van der Waals surface area contributed by atoms with Gasteiger partial charge in [0.05, 0.1) is 30.2 Å². The first-order valence-corrected chi connectivity index (χ1v) is 7.17. The molecule has 1 aromatic heterocycles. The van der Waals surface area contributed by atoms with Gasteiger partial charge < -0.3 is 10.4 Å². The van der Waals surface area contributed by atoms with Crippen molar-refractivity contribution in [2.45, 2.75) is 6.92 Å². The molecule has 0 saturated carbocycles. The number of aliphatic hydroxyl groups excluding tert-OH is 1. The van der Waals surface area contributed by atoms with Gasteiger partial charge in [0.15, 0.2) is 0 Å². The number of imide groups is 1. The molecule has 0 aliphatic carbocycles. The molecule has 2 N–H and O–H groups in total. The summed E-state index contributed by atoms with van der Waals surface area (Å²) in [7, 11) is 0. The van der Waals surface area contributed by atoms with Crippen LogP contribution in [0, 0.1) is 6.92 Å². The minimum atomic E-state index is -0.449. The zero-order valence-electron chi connectivity index (χ0n) is 12.6. The number of anilines is 1. The highest BCUT2D eigenvalue weighted by molar-refractivity contribution is 6.17. The summed E-state index contributed by atoms with van der Waals surface area (Å²) in [5.41, 5.74) is 2.48. The molecule has 3 rings (SSSR count). The molecule has 0 bridgehead atoms. The van der Waals surface area contributed by atoms with Crippen LogP contribution in [0.15, 0.2) is 48.3 Å². The molecule has 23 heavy (non-hydrogen) atoms. The summed E-state index contributed by atoms with van der Waals surface area (Å²) in [6, 6.07) is 9.24. The number of hydrogen-bond donors (Lipinski definition) is 2. The number of benzene rings is 1. The van der Waals surface area contributed by atoms with E-state index in [0.717, 1.165) is 16.3 Å². The van der Waals surface area contributed by atoms with Crippen molar-refractivity contribution in [3.63, 3.8) is 0 Å². The van der Waals surface area contributed by atoms with Gasteiger partial charge in [0.1, 0.15) is 5.70 Å². The summed E-state index contributed by atoms with van der Waals surface area (Å²) in [6.45, 7) is 1.61. The number of carbonyl (C=O) groups is 2. The zero-order chi connectivity index (χ0) is 16.4. The largest absolute Gasteiger partial charge is 0.395 e. The van der Waals surface area contributed by atoms with Gasteiger partial charge in [-0.2, -0.15) is 5.10 Å². The number of aromatic nitrogens is 2. The van der Waals surface area contributed by atoms with E-state index in [2.05, 4.69) is 10.4 Å². The maximum Gasteiger partial charge on any atom is 0.277 e. The molecule has 118 valence electrons. The number of aryl methyl sites for hydroxylation is 1. The van der Waals surface area contributed by atoms with E-state index in [4.69, 9.17) is 5.11 Å². The molecule has 0 radical (unpaired) electrons. The summed E-state index contributed by atoms with van der Waals surface area (Å²) in [4.78, 5) is 25.0. The van der Waals surface area contributed by atoms with E-state index < -0.39 is 11.8 Å². The van der Waals surface area contributed by atoms with Crippen molar-refractivity contribution < 1.29 is 14.7 Å². The molecule has 1 aliphatic rings. The summed E-state index contributed by atoms with van der Waals surface area (Å²) in [5, 5.41) is 16.3. The molecule has 2 aromatic rings. The highest BCUT2D eigenvalue weighted by Crippen LogP contribution is 2.23. The average Bonchev–Trinajstić information content (AvgIpc) is 3.07. The fraction of sp³-hybridized carbons (Fsp3) is 0.188. The third-order valence-corrected chi connectivity index (χ3v) is 3.48. The van der Waals surface area contributed by atoms with Crippen LogP contribution in [0.5, 0.6) is 0 Å². The number of hydrogen-bond acceptors (Lipinski definition) is 5. The Bertz CT molecular complexity index is 794. The number of nitrogens with zero attached hydrogens (tertiary/aromatic N) is 3. The number of para-hydroxylation sites is 2. The molecule has 2 amide bonds. The summed E-state index contributed by atoms with van der Waals surface area (Å²) in [6.07, 6.45) is 3.06. The van der Waals surface area contributed by atoms with Gasteiger partial charge in [-0.3, -0.25) is 14.5 Å². The predicted octanol–water partition coefficient (Wildman–Crippen LogP) is 0.838. The molecular weight excluding hydrogens is 296 g/mol. The van der Waals surface area contributed by atoms with Crippen LogP contribution in [0.1, 0.15) is 5.69 Å². The molecule has 1 aromatic carbocycles. The standard InChI is InChI=1S/C16H16N4O3/c1-11-6-7-20(18-11)14-5-3-2-4-12(14)17-13-10-15(22)19(8-9-21)16(13)23/h2-7,10,17,21H,8-9H2,1H3. The van der Waals surface area contributed by atoms with Crippen LogP contribution in [-0.4, -0.2) is 44.8 Å². The van der Waals surface area contributed by atoms with E-state index in [9.17, 15) is 9.59 Å². The van der Waals surface area contributed by atoms with Crippen molar-refractivity contribution in [3.05, 3.63) is 54.0 Å². The average molecular weight is 312 g/mol. The third-order valence-electron chi connectivity index (χ3n) is 3.48. The second-order valence-corrected chi connectivity index (χ2v) is 5.12. The van der Waals surface area contributed by atoms with E-state index in [1.54, 1.807) is 10.7 Å². The second-order valence-electron chi connectivity index (χ2n) is 5.12. The Balaban J connectivity index is 1.89. The highest BCUT2D eigenvalue weighted by atomic mass is 16.3. The van der Waals surface area contributed by atoms with Crippen molar-refractivity contribution in [1.82, 2.24) is 14.7 Å². The second kappa shape index (κ2) is 6.05. The zero-order valence-corrected chi connectivity index (χ0v) is 12.6. The fourth-order valence-corrected chi connectivity index (χ4v) is 2.38. The minimum Gasteiger partial charge on any atom is -0.395 e. The van der Waals surface area contributed by atoms with Gasteiger partial charge in [0.2, 0.25) is 0 Å². The predicted molar refractivity (Wildman–Crippen MR) is 83.8 cm³/mol. The molecule has 0 saturated heterocycles. The van der Waals surface area contributed by atoms with Crippen LogP contribution in [0.2, 0.25) is 0 Å². The van der Waals surface area contributed by atoms with Gasteiger partial charge in [-0.25, -0.2) is 4.68 Å². The highest BCUT2D eigenvalue weighted by Gasteiger charge is 2.30. The lowest BCUT2D eigenvalue weighted by atomic mass is 10.2. The normalized spacial score (nSPS) is 14.3. The van der Waals surface area contributed by atoms with Gasteiger partial charge in [0, 0.05) is 12.3 Å². The van der Waals surface area contributed by atoms with E-state index in [1.165, 1.54) is 6.08 Å². The van der Waals surface area contributed by atoms with Crippen LogP contribution in [0.3, 0.4) is 0 Å². The number of aliphatic hydroxyl groups is 1. The number of rotatable bonds is 5. The lowest BCUT2D eigenvalue weighted by Gasteiger charge is -2.15. The molecule has 1 aliphatic heterocycles. The Morgan fingerprint density at radius 2 is 2.00 bits per heavy atom. The maximum atomic E-state index is 12.2. The van der Waals surface area contributed by atoms with Crippen molar-refractivity contribution in [1.29, 1.82) is 0 Å². The molecular formula is C16H16N4O3. The van der Waals surface area contributed by atoms with Gasteiger partial charge in [0.25, 0.3) is 11.8 Å². The molecule has 0 fully saturated rings. The Labute approximate surface area is 132 Å². The van der Waals surface area contributed by atoms with Crippen molar-refractivity contribution in [3.8, 4) is 5.69 Å². The van der Waals surface area contributed by atoms with E-state index >= 15 is 0 Å². The first kappa shape index (κ1) is 15.0. The van der Waals surface area contributed by atoms with Gasteiger partial charge in [-0.15, -0.1) is 0 Å². The minimum absolute atomic E-state index is 0.0145. The van der Waals surface area contributed by atoms with E-state index in [0.29, 0.717) is 5.69 Å². The smallest absolute Gasteiger partial charge is 0.277 e. The Hall–Kier alpha value is -2.93. The first-order chi connectivity index (χ1) is 11.1. The Kier molecular flexibility index (Phi) is 3.94. The molecule has 7 nitrogen and oxygen atoms in total. The van der Waals surface area contributed by atoms with Crippen LogP contribution < -0.4 is 5.32 Å². The summed E-state index contributed by atoms with van der Waals surface area (Å²) >= 11 is 0. The summed E-state index contributed by atoms with van der Waals surface area (Å²) < 4.78 is 1.70. The lowest BCUT2D eigenvalue weighted by molar-refractivity contribution is -0.137. The topological polar surface area (TPSA) is 87.5 Å². The number of nitrogens with one attached hydrogen (secondary N) is 1. The number of amides is 2. The van der Waals surface area contributed by atoms with Crippen molar-refractivity contribution in [2.75, 3.05) is 18.5 Å². The van der Waals surface area contributed by atoms with Crippen LogP contribution in [0.25, 0.3) is 5.69 Å². The van der Waals surface area contributed by atoms with Crippen molar-refractivity contribution >= 4 is 17.5 Å². The van der Waals surface area contributed by atoms with Gasteiger partial charge in [-0.05, 0) is 25.1 Å². The van der Waals surface area contributed by atoms with E-state index in [1.807, 2.05) is 37.4 Å². The van der Waals surface area contributed by atoms with E-state index in [-0.39, 0.29) is 18.8 Å². The summed E-state index contributed by atoms with van der Waals surface area (Å²) in [5.74, 6) is -0.880. The van der Waals surface area contributed by atoms with Crippen LogP contribution >= 0.6 is 0 Å². The maximum absolute atomic E-state index is 12.2. The number of carbonyl (C=O) groups excluding carboxylic acids is 2.